The summed E-state index contributed by atoms with van der Waals surface area (Å²) in [6, 6.07) is 5.95. The average molecular weight is 314 g/mol. The molecule has 1 N–H and O–H groups in total. The third-order valence-electron chi connectivity index (χ3n) is 4.27. The monoisotopic (exact) mass is 313 g/mol. The molecule has 2 nitrogen and oxygen atoms in total. The van der Waals surface area contributed by atoms with Crippen LogP contribution in [0.2, 0.25) is 10.0 Å². The fourth-order valence-corrected chi connectivity index (χ4v) is 3.47. The van der Waals surface area contributed by atoms with Gasteiger partial charge in [-0.2, -0.15) is 0 Å². The Morgan fingerprint density at radius 3 is 2.60 bits per heavy atom. The molecule has 0 aromatic heterocycles. The first-order chi connectivity index (χ1) is 9.64. The van der Waals surface area contributed by atoms with Gasteiger partial charge in [0.1, 0.15) is 0 Å². The van der Waals surface area contributed by atoms with Gasteiger partial charge in [-0.25, -0.2) is 0 Å². The molecule has 110 valence electrons. The lowest BCUT2D eigenvalue weighted by molar-refractivity contribution is 0.0177. The molecule has 1 heterocycles. The van der Waals surface area contributed by atoms with Gasteiger partial charge in [0.25, 0.3) is 0 Å². The summed E-state index contributed by atoms with van der Waals surface area (Å²) in [5, 5.41) is 4.62. The maximum atomic E-state index is 6.21. The second-order valence-electron chi connectivity index (χ2n) is 5.28. The summed E-state index contributed by atoms with van der Waals surface area (Å²) in [6.07, 6.45) is 4.92. The van der Waals surface area contributed by atoms with Crippen LogP contribution in [0.15, 0.2) is 30.9 Å². The molecule has 1 aromatic carbocycles. The number of methoxy groups -OCH3 is 1. The van der Waals surface area contributed by atoms with Crippen molar-refractivity contribution in [3.63, 3.8) is 0 Å². The minimum Gasteiger partial charge on any atom is -0.380 e. The van der Waals surface area contributed by atoms with E-state index < -0.39 is 0 Å². The summed E-state index contributed by atoms with van der Waals surface area (Å²) in [5.41, 5.74) is 1.18. The fraction of sp³-hybridized carbons (Fsp3) is 0.500. The van der Waals surface area contributed by atoms with Gasteiger partial charge in [0.05, 0.1) is 16.1 Å². The highest BCUT2D eigenvalue weighted by Gasteiger charge is 2.41. The highest BCUT2D eigenvalue weighted by Crippen LogP contribution is 2.41. The van der Waals surface area contributed by atoms with E-state index in [1.807, 2.05) is 18.2 Å². The van der Waals surface area contributed by atoms with Gasteiger partial charge >= 0.3 is 0 Å². The largest absolute Gasteiger partial charge is 0.380 e. The van der Waals surface area contributed by atoms with Crippen LogP contribution in [0.25, 0.3) is 0 Å². The second-order valence-corrected chi connectivity index (χ2v) is 6.10. The lowest BCUT2D eigenvalue weighted by Gasteiger charge is -2.43. The van der Waals surface area contributed by atoms with Gasteiger partial charge in [-0.05, 0) is 50.0 Å². The minimum atomic E-state index is -0.0254. The molecule has 20 heavy (non-hydrogen) atoms. The maximum Gasteiger partial charge on any atom is 0.0703 e. The van der Waals surface area contributed by atoms with Gasteiger partial charge in [-0.15, -0.1) is 6.58 Å². The average Bonchev–Trinajstić information content (AvgIpc) is 2.48. The van der Waals surface area contributed by atoms with Gasteiger partial charge in [0.15, 0.2) is 0 Å². The molecule has 0 aliphatic carbocycles. The van der Waals surface area contributed by atoms with Crippen molar-refractivity contribution in [1.82, 2.24) is 5.32 Å². The second kappa shape index (κ2) is 6.95. The lowest BCUT2D eigenvalue weighted by atomic mass is 9.68. The Morgan fingerprint density at radius 2 is 2.05 bits per heavy atom. The highest BCUT2D eigenvalue weighted by atomic mass is 35.5. The lowest BCUT2D eigenvalue weighted by Crippen LogP contribution is -2.48. The van der Waals surface area contributed by atoms with Gasteiger partial charge in [-0.1, -0.05) is 35.3 Å². The smallest absolute Gasteiger partial charge is 0.0703 e. The van der Waals surface area contributed by atoms with E-state index >= 15 is 0 Å². The van der Waals surface area contributed by atoms with E-state index in [1.165, 1.54) is 5.56 Å². The van der Waals surface area contributed by atoms with Gasteiger partial charge in [0.2, 0.25) is 0 Å². The quantitative estimate of drug-likeness (QED) is 0.822. The molecule has 1 aromatic rings. The van der Waals surface area contributed by atoms with E-state index in [9.17, 15) is 0 Å². The molecule has 0 radical (unpaired) electrons. The van der Waals surface area contributed by atoms with E-state index in [0.29, 0.717) is 10.0 Å². The van der Waals surface area contributed by atoms with E-state index in [4.69, 9.17) is 27.9 Å². The zero-order valence-electron chi connectivity index (χ0n) is 11.8. The van der Waals surface area contributed by atoms with Crippen molar-refractivity contribution in [2.24, 2.45) is 0 Å². The molecule has 1 atom stereocenters. The molecule has 0 spiro atoms. The SMILES string of the molecule is C=CCC(OC)C1(c2ccc(Cl)c(Cl)c2)CCNCC1. The van der Waals surface area contributed by atoms with E-state index in [-0.39, 0.29) is 11.5 Å². The van der Waals surface area contributed by atoms with Crippen LogP contribution in [-0.2, 0) is 10.2 Å². The molecule has 1 unspecified atom stereocenters. The summed E-state index contributed by atoms with van der Waals surface area (Å²) < 4.78 is 5.78. The number of piperidine rings is 1. The van der Waals surface area contributed by atoms with Crippen molar-refractivity contribution in [3.05, 3.63) is 46.5 Å². The molecule has 1 aliphatic rings. The first-order valence-electron chi connectivity index (χ1n) is 6.94. The Kier molecular flexibility index (Phi) is 5.50. The number of hydrogen-bond acceptors (Lipinski definition) is 2. The molecular formula is C16H21Cl2NO. The number of nitrogens with one attached hydrogen (secondary N) is 1. The van der Waals surface area contributed by atoms with Crippen LogP contribution in [-0.4, -0.2) is 26.3 Å². The normalized spacial score (nSPS) is 19.6. The number of hydrogen-bond donors (Lipinski definition) is 1. The molecule has 0 bridgehead atoms. The molecule has 1 saturated heterocycles. The third kappa shape index (κ3) is 3.04. The van der Waals surface area contributed by atoms with Crippen molar-refractivity contribution in [3.8, 4) is 0 Å². The number of rotatable bonds is 5. The van der Waals surface area contributed by atoms with Crippen LogP contribution in [0.5, 0.6) is 0 Å². The van der Waals surface area contributed by atoms with Crippen LogP contribution < -0.4 is 5.32 Å². The molecule has 1 fully saturated rings. The van der Waals surface area contributed by atoms with E-state index in [0.717, 1.165) is 32.4 Å². The van der Waals surface area contributed by atoms with Crippen LogP contribution >= 0.6 is 23.2 Å². The Morgan fingerprint density at radius 1 is 1.35 bits per heavy atom. The fourth-order valence-electron chi connectivity index (χ4n) is 3.17. The Labute approximate surface area is 131 Å². The molecule has 4 heteroatoms. The van der Waals surface area contributed by atoms with Crippen molar-refractivity contribution in [2.45, 2.75) is 30.8 Å². The molecule has 0 amide bonds. The van der Waals surface area contributed by atoms with E-state index in [1.54, 1.807) is 7.11 Å². The predicted molar refractivity (Wildman–Crippen MR) is 85.9 cm³/mol. The van der Waals surface area contributed by atoms with Gasteiger partial charge < -0.3 is 10.1 Å². The Bertz CT molecular complexity index is 470. The number of halogens is 2. The van der Waals surface area contributed by atoms with Crippen LogP contribution in [0.4, 0.5) is 0 Å². The zero-order valence-corrected chi connectivity index (χ0v) is 13.3. The van der Waals surface area contributed by atoms with Crippen molar-refractivity contribution >= 4 is 23.2 Å². The predicted octanol–water partition coefficient (Wildman–Crippen LogP) is 4.21. The summed E-state index contributed by atoms with van der Waals surface area (Å²) in [4.78, 5) is 0. The van der Waals surface area contributed by atoms with Gasteiger partial charge in [-0.3, -0.25) is 0 Å². The van der Waals surface area contributed by atoms with Crippen molar-refractivity contribution < 1.29 is 4.74 Å². The van der Waals surface area contributed by atoms with E-state index in [2.05, 4.69) is 18.0 Å². The maximum absolute atomic E-state index is 6.21. The van der Waals surface area contributed by atoms with Crippen LogP contribution in [0.1, 0.15) is 24.8 Å². The molecule has 0 saturated carbocycles. The first-order valence-corrected chi connectivity index (χ1v) is 7.69. The van der Waals surface area contributed by atoms with Crippen LogP contribution in [0, 0.1) is 0 Å². The molecule has 1 aliphatic heterocycles. The molecular weight excluding hydrogens is 293 g/mol. The minimum absolute atomic E-state index is 0.0254. The highest BCUT2D eigenvalue weighted by molar-refractivity contribution is 6.42. The van der Waals surface area contributed by atoms with Crippen LogP contribution in [0.3, 0.4) is 0 Å². The summed E-state index contributed by atoms with van der Waals surface area (Å²) in [6.45, 7) is 5.82. The first kappa shape index (κ1) is 15.8. The Balaban J connectivity index is 2.44. The summed E-state index contributed by atoms with van der Waals surface area (Å²) >= 11 is 12.3. The van der Waals surface area contributed by atoms with Crippen molar-refractivity contribution in [2.75, 3.05) is 20.2 Å². The van der Waals surface area contributed by atoms with Gasteiger partial charge in [0, 0.05) is 12.5 Å². The number of ether oxygens (including phenoxy) is 1. The Hall–Kier alpha value is -0.540. The zero-order chi connectivity index (χ0) is 14.6. The topological polar surface area (TPSA) is 21.3 Å². The van der Waals surface area contributed by atoms with Crippen molar-refractivity contribution in [1.29, 1.82) is 0 Å². The molecule has 2 rings (SSSR count). The summed E-state index contributed by atoms with van der Waals surface area (Å²) in [5.74, 6) is 0. The number of benzene rings is 1. The summed E-state index contributed by atoms with van der Waals surface area (Å²) in [7, 11) is 1.77. The standard InChI is InChI=1S/C16H21Cl2NO/c1-3-4-15(20-2)16(7-9-19-10-8-16)12-5-6-13(17)14(18)11-12/h3,5-6,11,15,19H,1,4,7-10H2,2H3. The third-order valence-corrected chi connectivity index (χ3v) is 5.01.